The second kappa shape index (κ2) is 9.17. The standard InChI is InChI=1S/C21H28BrN3O5S/c1-2-20(26)25-8-5-16-13-17(22)19(14-18(16)25)31(28,29)24-6-3-15(4-7-24)21(27)23-9-11-30-12-10-23/h13-15H,2-12H2,1H3. The van der Waals surface area contributed by atoms with E-state index in [0.29, 0.717) is 75.4 Å². The van der Waals surface area contributed by atoms with Crippen LogP contribution >= 0.6 is 15.9 Å². The predicted octanol–water partition coefficient (Wildman–Crippen LogP) is 2.01. The van der Waals surface area contributed by atoms with E-state index >= 15 is 0 Å². The molecule has 31 heavy (non-hydrogen) atoms. The first-order valence-corrected chi connectivity index (χ1v) is 13.1. The number of benzene rings is 1. The smallest absolute Gasteiger partial charge is 0.244 e. The Balaban J connectivity index is 1.49. The minimum atomic E-state index is -3.74. The van der Waals surface area contributed by atoms with E-state index < -0.39 is 10.0 Å². The maximum atomic E-state index is 13.4. The molecule has 1 aromatic rings. The first-order chi connectivity index (χ1) is 14.8. The second-order valence-electron chi connectivity index (χ2n) is 8.18. The largest absolute Gasteiger partial charge is 0.378 e. The van der Waals surface area contributed by atoms with Gasteiger partial charge in [0.25, 0.3) is 0 Å². The Bertz CT molecular complexity index is 969. The van der Waals surface area contributed by atoms with Gasteiger partial charge < -0.3 is 14.5 Å². The molecule has 3 heterocycles. The fraction of sp³-hybridized carbons (Fsp3) is 0.619. The number of carbonyl (C=O) groups excluding carboxylic acids is 2. The number of amides is 2. The summed E-state index contributed by atoms with van der Waals surface area (Å²) in [6.45, 7) is 5.32. The molecule has 0 unspecified atom stereocenters. The fourth-order valence-corrected chi connectivity index (χ4v) is 7.10. The molecule has 2 saturated heterocycles. The lowest BCUT2D eigenvalue weighted by molar-refractivity contribution is -0.140. The van der Waals surface area contributed by atoms with E-state index in [2.05, 4.69) is 15.9 Å². The summed E-state index contributed by atoms with van der Waals surface area (Å²) in [4.78, 5) is 28.7. The molecule has 0 atom stereocenters. The van der Waals surface area contributed by atoms with E-state index in [4.69, 9.17) is 4.74 Å². The third-order valence-electron chi connectivity index (χ3n) is 6.38. The third-order valence-corrected chi connectivity index (χ3v) is 9.23. The van der Waals surface area contributed by atoms with E-state index in [1.54, 1.807) is 17.9 Å². The zero-order valence-electron chi connectivity index (χ0n) is 17.7. The van der Waals surface area contributed by atoms with Crippen LogP contribution in [0.1, 0.15) is 31.7 Å². The SMILES string of the molecule is CCC(=O)N1CCc2cc(Br)c(S(=O)(=O)N3CCC(C(=O)N4CCOCC4)CC3)cc21. The Labute approximate surface area is 191 Å². The number of halogens is 1. The van der Waals surface area contributed by atoms with Crippen molar-refractivity contribution in [2.24, 2.45) is 5.92 Å². The molecular formula is C21H28BrN3O5S. The van der Waals surface area contributed by atoms with Crippen molar-refractivity contribution in [3.63, 3.8) is 0 Å². The van der Waals surface area contributed by atoms with Gasteiger partial charge in [-0.15, -0.1) is 0 Å². The van der Waals surface area contributed by atoms with Gasteiger partial charge in [-0.3, -0.25) is 9.59 Å². The number of hydrogen-bond donors (Lipinski definition) is 0. The molecule has 1 aromatic carbocycles. The average molecular weight is 514 g/mol. The van der Waals surface area contributed by atoms with Crippen molar-refractivity contribution in [3.8, 4) is 0 Å². The molecule has 2 fully saturated rings. The van der Waals surface area contributed by atoms with Crippen LogP contribution in [0.2, 0.25) is 0 Å². The third kappa shape index (κ3) is 4.40. The molecule has 0 saturated carbocycles. The van der Waals surface area contributed by atoms with Crippen LogP contribution in [-0.2, 0) is 30.8 Å². The summed E-state index contributed by atoms with van der Waals surface area (Å²) in [5.74, 6) is -0.0506. The molecule has 3 aliphatic rings. The van der Waals surface area contributed by atoms with Gasteiger partial charge in [-0.2, -0.15) is 4.31 Å². The summed E-state index contributed by atoms with van der Waals surface area (Å²) in [5.41, 5.74) is 1.66. The molecule has 4 rings (SSSR count). The molecular weight excluding hydrogens is 486 g/mol. The summed E-state index contributed by atoms with van der Waals surface area (Å²) in [7, 11) is -3.74. The number of anilines is 1. The predicted molar refractivity (Wildman–Crippen MR) is 119 cm³/mol. The van der Waals surface area contributed by atoms with Gasteiger partial charge in [0.05, 0.1) is 18.1 Å². The molecule has 0 aromatic heterocycles. The number of morpholine rings is 1. The van der Waals surface area contributed by atoms with E-state index in [-0.39, 0.29) is 22.6 Å². The van der Waals surface area contributed by atoms with Gasteiger partial charge in [-0.1, -0.05) is 6.92 Å². The Kier molecular flexibility index (Phi) is 6.71. The van der Waals surface area contributed by atoms with Gasteiger partial charge in [0.15, 0.2) is 0 Å². The first-order valence-electron chi connectivity index (χ1n) is 10.8. The summed E-state index contributed by atoms with van der Waals surface area (Å²) < 4.78 is 34.1. The molecule has 0 N–H and O–H groups in total. The lowest BCUT2D eigenvalue weighted by Gasteiger charge is -2.35. The van der Waals surface area contributed by atoms with Crippen LogP contribution < -0.4 is 4.90 Å². The quantitative estimate of drug-likeness (QED) is 0.614. The van der Waals surface area contributed by atoms with Crippen molar-refractivity contribution in [1.82, 2.24) is 9.21 Å². The highest BCUT2D eigenvalue weighted by Gasteiger charge is 2.36. The molecule has 8 nitrogen and oxygen atoms in total. The number of nitrogens with zero attached hydrogens (tertiary/aromatic N) is 3. The van der Waals surface area contributed by atoms with Crippen molar-refractivity contribution in [1.29, 1.82) is 0 Å². The van der Waals surface area contributed by atoms with Crippen LogP contribution in [0.25, 0.3) is 0 Å². The van der Waals surface area contributed by atoms with Crippen LogP contribution in [-0.4, -0.2) is 75.4 Å². The van der Waals surface area contributed by atoms with Crippen molar-refractivity contribution < 1.29 is 22.7 Å². The highest BCUT2D eigenvalue weighted by molar-refractivity contribution is 9.10. The number of carbonyl (C=O) groups is 2. The normalized spacial score (nSPS) is 20.7. The molecule has 0 radical (unpaired) electrons. The van der Waals surface area contributed by atoms with E-state index in [9.17, 15) is 18.0 Å². The van der Waals surface area contributed by atoms with Crippen LogP contribution in [0.15, 0.2) is 21.5 Å². The molecule has 0 aliphatic carbocycles. The van der Waals surface area contributed by atoms with Crippen LogP contribution in [0.3, 0.4) is 0 Å². The van der Waals surface area contributed by atoms with E-state index in [0.717, 1.165) is 12.0 Å². The minimum absolute atomic E-state index is 0.00754. The minimum Gasteiger partial charge on any atom is -0.378 e. The van der Waals surface area contributed by atoms with Crippen molar-refractivity contribution in [2.45, 2.75) is 37.5 Å². The van der Waals surface area contributed by atoms with E-state index in [1.165, 1.54) is 4.31 Å². The van der Waals surface area contributed by atoms with Gasteiger partial charge in [0.2, 0.25) is 21.8 Å². The number of ether oxygens (including phenoxy) is 1. The topological polar surface area (TPSA) is 87.2 Å². The zero-order chi connectivity index (χ0) is 22.2. The van der Waals surface area contributed by atoms with Crippen LogP contribution in [0.4, 0.5) is 5.69 Å². The van der Waals surface area contributed by atoms with E-state index in [1.807, 2.05) is 11.0 Å². The summed E-state index contributed by atoms with van der Waals surface area (Å²) in [6.07, 6.45) is 2.12. The van der Waals surface area contributed by atoms with Crippen LogP contribution in [0.5, 0.6) is 0 Å². The molecule has 0 spiro atoms. The Hall–Kier alpha value is -1.49. The highest BCUT2D eigenvalue weighted by atomic mass is 79.9. The Morgan fingerprint density at radius 2 is 1.77 bits per heavy atom. The summed E-state index contributed by atoms with van der Waals surface area (Å²) >= 11 is 3.43. The van der Waals surface area contributed by atoms with Gasteiger partial charge >= 0.3 is 0 Å². The van der Waals surface area contributed by atoms with Gasteiger partial charge in [0, 0.05) is 55.2 Å². The highest BCUT2D eigenvalue weighted by Crippen LogP contribution is 2.37. The Morgan fingerprint density at radius 3 is 2.42 bits per heavy atom. The molecule has 0 bridgehead atoms. The van der Waals surface area contributed by atoms with Crippen molar-refractivity contribution >= 4 is 43.5 Å². The van der Waals surface area contributed by atoms with Gasteiger partial charge in [-0.05, 0) is 52.9 Å². The Morgan fingerprint density at radius 1 is 1.10 bits per heavy atom. The number of sulfonamides is 1. The lowest BCUT2D eigenvalue weighted by Crippen LogP contribution is -2.47. The van der Waals surface area contributed by atoms with Gasteiger partial charge in [0.1, 0.15) is 0 Å². The number of piperidine rings is 1. The second-order valence-corrected chi connectivity index (χ2v) is 10.9. The van der Waals surface area contributed by atoms with Gasteiger partial charge in [-0.25, -0.2) is 8.42 Å². The maximum Gasteiger partial charge on any atom is 0.244 e. The molecule has 10 heteroatoms. The lowest BCUT2D eigenvalue weighted by atomic mass is 9.96. The number of hydrogen-bond acceptors (Lipinski definition) is 5. The monoisotopic (exact) mass is 513 g/mol. The van der Waals surface area contributed by atoms with Crippen molar-refractivity contribution in [3.05, 3.63) is 22.2 Å². The zero-order valence-corrected chi connectivity index (χ0v) is 20.1. The van der Waals surface area contributed by atoms with Crippen LogP contribution in [0, 0.1) is 5.92 Å². The fourth-order valence-electron chi connectivity index (χ4n) is 4.56. The summed E-state index contributed by atoms with van der Waals surface area (Å²) in [6, 6.07) is 3.44. The molecule has 2 amide bonds. The maximum absolute atomic E-state index is 13.4. The molecule has 3 aliphatic heterocycles. The number of rotatable bonds is 4. The molecule has 170 valence electrons. The van der Waals surface area contributed by atoms with Crippen molar-refractivity contribution in [2.75, 3.05) is 50.8 Å². The number of fused-ring (bicyclic) bond motifs is 1. The summed E-state index contributed by atoms with van der Waals surface area (Å²) in [5, 5.41) is 0. The first kappa shape index (κ1) is 22.7. The average Bonchev–Trinajstić information content (AvgIpc) is 3.20.